The first kappa shape index (κ1) is 16.8. The van der Waals surface area contributed by atoms with Crippen molar-refractivity contribution in [1.82, 2.24) is 10.2 Å². The molecule has 0 aliphatic carbocycles. The van der Waals surface area contributed by atoms with Crippen LogP contribution in [0.3, 0.4) is 0 Å². The van der Waals surface area contributed by atoms with E-state index in [0.717, 1.165) is 30.1 Å². The molecule has 0 radical (unpaired) electrons. The fraction of sp³-hybridized carbons (Fsp3) is 0.600. The molecule has 1 rings (SSSR count). The zero-order valence-electron chi connectivity index (χ0n) is 12.0. The van der Waals surface area contributed by atoms with Crippen LogP contribution in [0, 0.1) is 0 Å². The van der Waals surface area contributed by atoms with E-state index in [9.17, 15) is 0 Å². The number of unbranched alkanes of at least 4 members (excludes halogenated alkanes) is 1. The minimum absolute atomic E-state index is 0.309. The van der Waals surface area contributed by atoms with Gasteiger partial charge in [0.2, 0.25) is 0 Å². The molecule has 2 nitrogen and oxygen atoms in total. The topological polar surface area (TPSA) is 15.3 Å². The van der Waals surface area contributed by atoms with Crippen LogP contribution in [0.1, 0.15) is 37.8 Å². The summed E-state index contributed by atoms with van der Waals surface area (Å²) in [6.45, 7) is 4.33. The molecule has 108 valence electrons. The Balaban J connectivity index is 2.45. The molecule has 0 fully saturated rings. The second-order valence-corrected chi connectivity index (χ2v) is 5.93. The average Bonchev–Trinajstić information content (AvgIpc) is 2.34. The molecule has 1 N–H and O–H groups in total. The molecular weight excluding hydrogens is 279 g/mol. The van der Waals surface area contributed by atoms with Gasteiger partial charge in [-0.25, -0.2) is 0 Å². The molecular formula is C15H24Cl2N2. The average molecular weight is 303 g/mol. The Hall–Kier alpha value is -0.280. The van der Waals surface area contributed by atoms with Crippen molar-refractivity contribution in [2.75, 3.05) is 27.2 Å². The smallest absolute Gasteiger partial charge is 0.0468 e. The quantitative estimate of drug-likeness (QED) is 0.717. The summed E-state index contributed by atoms with van der Waals surface area (Å²) in [6.07, 6.45) is 3.42. The molecule has 1 atom stereocenters. The summed E-state index contributed by atoms with van der Waals surface area (Å²) in [5.41, 5.74) is 1.14. The van der Waals surface area contributed by atoms with Crippen LogP contribution in [0.4, 0.5) is 0 Å². The van der Waals surface area contributed by atoms with Gasteiger partial charge in [0.15, 0.2) is 0 Å². The van der Waals surface area contributed by atoms with Crippen LogP contribution in [0.15, 0.2) is 18.2 Å². The predicted octanol–water partition coefficient (Wildman–Crippen LogP) is 4.38. The summed E-state index contributed by atoms with van der Waals surface area (Å²) in [7, 11) is 4.21. The predicted molar refractivity (Wildman–Crippen MR) is 85.3 cm³/mol. The van der Waals surface area contributed by atoms with Crippen LogP contribution >= 0.6 is 23.2 Å². The van der Waals surface area contributed by atoms with Crippen LogP contribution in [0.25, 0.3) is 0 Å². The maximum atomic E-state index is 6.25. The number of hydrogen-bond acceptors (Lipinski definition) is 2. The SMILES string of the molecule is CCC(NCCCCN(C)C)c1ccc(Cl)cc1Cl. The van der Waals surface area contributed by atoms with Crippen molar-refractivity contribution in [2.45, 2.75) is 32.2 Å². The van der Waals surface area contributed by atoms with Gasteiger partial charge in [-0.1, -0.05) is 36.2 Å². The van der Waals surface area contributed by atoms with Crippen molar-refractivity contribution in [1.29, 1.82) is 0 Å². The van der Waals surface area contributed by atoms with Gasteiger partial charge in [-0.15, -0.1) is 0 Å². The number of rotatable bonds is 8. The number of nitrogens with zero attached hydrogens (tertiary/aromatic N) is 1. The van der Waals surface area contributed by atoms with Crippen molar-refractivity contribution in [2.24, 2.45) is 0 Å². The molecule has 0 saturated carbocycles. The molecule has 1 aromatic rings. The highest BCUT2D eigenvalue weighted by atomic mass is 35.5. The van der Waals surface area contributed by atoms with Crippen LogP contribution < -0.4 is 5.32 Å². The summed E-state index contributed by atoms with van der Waals surface area (Å²) in [5.74, 6) is 0. The molecule has 0 saturated heterocycles. The van der Waals surface area contributed by atoms with Crippen molar-refractivity contribution in [3.8, 4) is 0 Å². The van der Waals surface area contributed by atoms with E-state index in [2.05, 4.69) is 31.2 Å². The van der Waals surface area contributed by atoms with E-state index in [1.807, 2.05) is 18.2 Å². The molecule has 0 heterocycles. The van der Waals surface area contributed by atoms with Crippen LogP contribution in [-0.2, 0) is 0 Å². The van der Waals surface area contributed by atoms with Crippen molar-refractivity contribution in [3.63, 3.8) is 0 Å². The highest BCUT2D eigenvalue weighted by Gasteiger charge is 2.12. The molecule has 0 amide bonds. The second kappa shape index (κ2) is 8.80. The standard InChI is InChI=1S/C15H24Cl2N2/c1-4-15(18-9-5-6-10-19(2)3)13-8-7-12(16)11-14(13)17/h7-8,11,15,18H,4-6,9-10H2,1-3H3. The van der Waals surface area contributed by atoms with Gasteiger partial charge in [0, 0.05) is 16.1 Å². The highest BCUT2D eigenvalue weighted by Crippen LogP contribution is 2.27. The Morgan fingerprint density at radius 3 is 2.53 bits per heavy atom. The van der Waals surface area contributed by atoms with E-state index in [4.69, 9.17) is 23.2 Å². The maximum absolute atomic E-state index is 6.25. The minimum atomic E-state index is 0.309. The summed E-state index contributed by atoms with van der Waals surface area (Å²) >= 11 is 12.2. The highest BCUT2D eigenvalue weighted by molar-refractivity contribution is 6.35. The summed E-state index contributed by atoms with van der Waals surface area (Å²) in [6, 6.07) is 6.05. The third-order valence-electron chi connectivity index (χ3n) is 3.17. The zero-order valence-corrected chi connectivity index (χ0v) is 13.6. The molecule has 19 heavy (non-hydrogen) atoms. The third kappa shape index (κ3) is 6.13. The fourth-order valence-corrected chi connectivity index (χ4v) is 2.63. The molecule has 0 aliphatic rings. The number of halogens is 2. The Kier molecular flexibility index (Phi) is 7.77. The largest absolute Gasteiger partial charge is 0.310 e. The van der Waals surface area contributed by atoms with E-state index >= 15 is 0 Å². The van der Waals surface area contributed by atoms with Crippen LogP contribution in [-0.4, -0.2) is 32.1 Å². The Bertz CT molecular complexity index is 380. The van der Waals surface area contributed by atoms with Gasteiger partial charge in [0.1, 0.15) is 0 Å². The lowest BCUT2D eigenvalue weighted by Gasteiger charge is -2.19. The number of nitrogens with one attached hydrogen (secondary N) is 1. The van der Waals surface area contributed by atoms with E-state index in [1.165, 1.54) is 12.8 Å². The molecule has 4 heteroatoms. The van der Waals surface area contributed by atoms with E-state index in [1.54, 1.807) is 0 Å². The van der Waals surface area contributed by atoms with Crippen molar-refractivity contribution >= 4 is 23.2 Å². The monoisotopic (exact) mass is 302 g/mol. The van der Waals surface area contributed by atoms with Gasteiger partial charge >= 0.3 is 0 Å². The van der Waals surface area contributed by atoms with Gasteiger partial charge in [-0.3, -0.25) is 0 Å². The lowest BCUT2D eigenvalue weighted by molar-refractivity contribution is 0.387. The Labute approximate surface area is 127 Å². The summed E-state index contributed by atoms with van der Waals surface area (Å²) in [4.78, 5) is 2.22. The van der Waals surface area contributed by atoms with E-state index in [-0.39, 0.29) is 0 Å². The van der Waals surface area contributed by atoms with E-state index in [0.29, 0.717) is 11.1 Å². The normalized spacial score (nSPS) is 12.9. The fourth-order valence-electron chi connectivity index (χ4n) is 2.09. The first-order valence-electron chi connectivity index (χ1n) is 6.87. The summed E-state index contributed by atoms with van der Waals surface area (Å²) in [5, 5.41) is 5.01. The first-order valence-corrected chi connectivity index (χ1v) is 7.63. The molecule has 0 spiro atoms. The van der Waals surface area contributed by atoms with Crippen molar-refractivity contribution < 1.29 is 0 Å². The summed E-state index contributed by atoms with van der Waals surface area (Å²) < 4.78 is 0. The van der Waals surface area contributed by atoms with Crippen LogP contribution in [0.5, 0.6) is 0 Å². The van der Waals surface area contributed by atoms with Gasteiger partial charge in [-0.05, 0) is 64.1 Å². The van der Waals surface area contributed by atoms with Crippen LogP contribution in [0.2, 0.25) is 10.0 Å². The van der Waals surface area contributed by atoms with Gasteiger partial charge < -0.3 is 10.2 Å². The maximum Gasteiger partial charge on any atom is 0.0468 e. The second-order valence-electron chi connectivity index (χ2n) is 5.09. The van der Waals surface area contributed by atoms with Gasteiger partial charge in [-0.2, -0.15) is 0 Å². The Morgan fingerprint density at radius 1 is 1.21 bits per heavy atom. The lowest BCUT2D eigenvalue weighted by Crippen LogP contribution is -2.23. The number of hydrogen-bond donors (Lipinski definition) is 1. The Morgan fingerprint density at radius 2 is 1.95 bits per heavy atom. The minimum Gasteiger partial charge on any atom is -0.310 e. The molecule has 1 unspecified atom stereocenters. The van der Waals surface area contributed by atoms with Gasteiger partial charge in [0.25, 0.3) is 0 Å². The molecule has 0 bridgehead atoms. The lowest BCUT2D eigenvalue weighted by atomic mass is 10.0. The molecule has 0 aromatic heterocycles. The van der Waals surface area contributed by atoms with Gasteiger partial charge in [0.05, 0.1) is 0 Å². The van der Waals surface area contributed by atoms with Crippen molar-refractivity contribution in [3.05, 3.63) is 33.8 Å². The third-order valence-corrected chi connectivity index (χ3v) is 3.73. The van der Waals surface area contributed by atoms with E-state index < -0.39 is 0 Å². The molecule has 0 aliphatic heterocycles. The zero-order chi connectivity index (χ0) is 14.3. The number of benzene rings is 1. The first-order chi connectivity index (χ1) is 9.04. The molecule has 1 aromatic carbocycles.